The van der Waals surface area contributed by atoms with Gasteiger partial charge in [0.05, 0.1) is 5.92 Å². The molecule has 2 atom stereocenters. The Kier molecular flexibility index (Phi) is 6.63. The first kappa shape index (κ1) is 19.5. The van der Waals surface area contributed by atoms with Crippen LogP contribution in [0.2, 0.25) is 0 Å². The number of benzene rings is 1. The Hall–Kier alpha value is -1.84. The highest BCUT2D eigenvalue weighted by molar-refractivity contribution is 6.00. The topological polar surface area (TPSA) is 49.4 Å². The van der Waals surface area contributed by atoms with Gasteiger partial charge in [0.2, 0.25) is 11.8 Å². The van der Waals surface area contributed by atoms with Gasteiger partial charge in [-0.25, -0.2) is 0 Å². The number of rotatable bonds is 7. The highest BCUT2D eigenvalue weighted by Crippen LogP contribution is 2.27. The van der Waals surface area contributed by atoms with E-state index in [1.165, 1.54) is 12.0 Å². The second-order valence-corrected chi connectivity index (χ2v) is 7.91. The van der Waals surface area contributed by atoms with Crippen LogP contribution in [0.1, 0.15) is 57.6 Å². The number of carbonyl (C=O) groups excluding carboxylic acids is 2. The Morgan fingerprint density at radius 3 is 2.56 bits per heavy atom. The summed E-state index contributed by atoms with van der Waals surface area (Å²) in [6.45, 7) is 11.1. The van der Waals surface area contributed by atoms with Gasteiger partial charge in [0.25, 0.3) is 0 Å². The molecule has 1 aromatic carbocycles. The molecule has 138 valence electrons. The van der Waals surface area contributed by atoms with Gasteiger partial charge in [-0.2, -0.15) is 0 Å². The summed E-state index contributed by atoms with van der Waals surface area (Å²) >= 11 is 0. The van der Waals surface area contributed by atoms with E-state index in [4.69, 9.17) is 0 Å². The molecule has 4 nitrogen and oxygen atoms in total. The molecule has 0 aliphatic carbocycles. The summed E-state index contributed by atoms with van der Waals surface area (Å²) < 4.78 is 0. The first-order valence-corrected chi connectivity index (χ1v) is 9.46. The second-order valence-electron chi connectivity index (χ2n) is 7.91. The minimum Gasteiger partial charge on any atom is -0.353 e. The number of hydrogen-bond acceptors (Lipinski definition) is 2. The van der Waals surface area contributed by atoms with Crippen LogP contribution in [0, 0.1) is 25.7 Å². The molecule has 2 amide bonds. The van der Waals surface area contributed by atoms with Crippen LogP contribution >= 0.6 is 0 Å². The summed E-state index contributed by atoms with van der Waals surface area (Å²) in [5.41, 5.74) is 3.27. The largest absolute Gasteiger partial charge is 0.353 e. The molecule has 2 rings (SSSR count). The van der Waals surface area contributed by atoms with Gasteiger partial charge < -0.3 is 10.2 Å². The first-order chi connectivity index (χ1) is 11.8. The molecule has 1 saturated heterocycles. The zero-order valence-electron chi connectivity index (χ0n) is 16.3. The third-order valence-corrected chi connectivity index (χ3v) is 5.11. The Bertz CT molecular complexity index is 624. The van der Waals surface area contributed by atoms with Crippen molar-refractivity contribution in [2.45, 2.75) is 66.3 Å². The van der Waals surface area contributed by atoms with Crippen molar-refractivity contribution in [3.05, 3.63) is 29.3 Å². The van der Waals surface area contributed by atoms with Crippen LogP contribution < -0.4 is 10.2 Å². The van der Waals surface area contributed by atoms with Crippen molar-refractivity contribution in [1.82, 2.24) is 5.32 Å². The van der Waals surface area contributed by atoms with E-state index in [2.05, 4.69) is 33.0 Å². The number of nitrogens with zero attached hydrogens (tertiary/aromatic N) is 1. The molecule has 1 aromatic rings. The Morgan fingerprint density at radius 2 is 1.92 bits per heavy atom. The SMILES string of the molecule is Cc1ccc(N2C[C@@H](C(=O)N[C@@H](C)CCCC(C)C)CC2=O)cc1C. The van der Waals surface area contributed by atoms with E-state index in [-0.39, 0.29) is 23.8 Å². The molecule has 4 heteroatoms. The van der Waals surface area contributed by atoms with E-state index in [1.54, 1.807) is 4.90 Å². The summed E-state index contributed by atoms with van der Waals surface area (Å²) in [6, 6.07) is 6.19. The fraction of sp³-hybridized carbons (Fsp3) is 0.619. The van der Waals surface area contributed by atoms with E-state index in [0.717, 1.165) is 24.1 Å². The Balaban J connectivity index is 1.90. The molecular weight excluding hydrogens is 312 g/mol. The van der Waals surface area contributed by atoms with Crippen molar-refractivity contribution in [1.29, 1.82) is 0 Å². The Morgan fingerprint density at radius 1 is 1.20 bits per heavy atom. The summed E-state index contributed by atoms with van der Waals surface area (Å²) in [5, 5.41) is 3.09. The van der Waals surface area contributed by atoms with Gasteiger partial charge in [-0.3, -0.25) is 9.59 Å². The number of anilines is 1. The van der Waals surface area contributed by atoms with Gasteiger partial charge in [-0.15, -0.1) is 0 Å². The molecule has 25 heavy (non-hydrogen) atoms. The zero-order chi connectivity index (χ0) is 18.6. The molecule has 0 spiro atoms. The molecule has 0 bridgehead atoms. The zero-order valence-corrected chi connectivity index (χ0v) is 16.3. The molecule has 1 N–H and O–H groups in total. The van der Waals surface area contributed by atoms with E-state index < -0.39 is 0 Å². The molecule has 1 aliphatic heterocycles. The van der Waals surface area contributed by atoms with Crippen LogP contribution in [-0.2, 0) is 9.59 Å². The average Bonchev–Trinajstić information content (AvgIpc) is 2.91. The van der Waals surface area contributed by atoms with E-state index in [9.17, 15) is 9.59 Å². The third kappa shape index (κ3) is 5.32. The van der Waals surface area contributed by atoms with Crippen molar-refractivity contribution in [3.63, 3.8) is 0 Å². The van der Waals surface area contributed by atoms with Crippen molar-refractivity contribution in [2.75, 3.05) is 11.4 Å². The van der Waals surface area contributed by atoms with Crippen molar-refractivity contribution < 1.29 is 9.59 Å². The molecule has 1 fully saturated rings. The highest BCUT2D eigenvalue weighted by atomic mass is 16.2. The average molecular weight is 344 g/mol. The molecule has 0 unspecified atom stereocenters. The molecule has 0 saturated carbocycles. The Labute approximate surface area is 152 Å². The summed E-state index contributed by atoms with van der Waals surface area (Å²) in [7, 11) is 0. The van der Waals surface area contributed by atoms with Crippen molar-refractivity contribution in [2.24, 2.45) is 11.8 Å². The number of aryl methyl sites for hydroxylation is 2. The molecular formula is C21H32N2O2. The number of hydrogen-bond donors (Lipinski definition) is 1. The smallest absolute Gasteiger partial charge is 0.227 e. The van der Waals surface area contributed by atoms with Gasteiger partial charge in [-0.1, -0.05) is 32.8 Å². The van der Waals surface area contributed by atoms with Gasteiger partial charge in [0, 0.05) is 24.7 Å². The molecule has 1 heterocycles. The lowest BCUT2D eigenvalue weighted by molar-refractivity contribution is -0.126. The molecule has 1 aliphatic rings. The quantitative estimate of drug-likeness (QED) is 0.813. The fourth-order valence-corrected chi connectivity index (χ4v) is 3.29. The lowest BCUT2D eigenvalue weighted by Crippen LogP contribution is -2.38. The van der Waals surface area contributed by atoms with Crippen LogP contribution in [0.3, 0.4) is 0 Å². The molecule has 0 radical (unpaired) electrons. The van der Waals surface area contributed by atoms with Gasteiger partial charge in [0.1, 0.15) is 0 Å². The maximum atomic E-state index is 12.5. The number of nitrogens with one attached hydrogen (secondary N) is 1. The van der Waals surface area contributed by atoms with Crippen LogP contribution in [0.25, 0.3) is 0 Å². The normalized spacial score (nSPS) is 18.7. The minimum absolute atomic E-state index is 0.0109. The predicted octanol–water partition coefficient (Wildman–Crippen LogP) is 3.99. The first-order valence-electron chi connectivity index (χ1n) is 9.46. The third-order valence-electron chi connectivity index (χ3n) is 5.11. The summed E-state index contributed by atoms with van der Waals surface area (Å²) in [6.07, 6.45) is 3.60. The minimum atomic E-state index is -0.248. The summed E-state index contributed by atoms with van der Waals surface area (Å²) in [5.74, 6) is 0.496. The van der Waals surface area contributed by atoms with Crippen LogP contribution in [0.5, 0.6) is 0 Å². The van der Waals surface area contributed by atoms with Gasteiger partial charge in [0.15, 0.2) is 0 Å². The van der Waals surface area contributed by atoms with Crippen LogP contribution in [0.15, 0.2) is 18.2 Å². The maximum Gasteiger partial charge on any atom is 0.227 e. The molecule has 0 aromatic heterocycles. The van der Waals surface area contributed by atoms with E-state index in [1.807, 2.05) is 25.1 Å². The fourth-order valence-electron chi connectivity index (χ4n) is 3.29. The van der Waals surface area contributed by atoms with E-state index >= 15 is 0 Å². The second kappa shape index (κ2) is 8.50. The number of amides is 2. The van der Waals surface area contributed by atoms with Crippen LogP contribution in [0.4, 0.5) is 5.69 Å². The summed E-state index contributed by atoms with van der Waals surface area (Å²) in [4.78, 5) is 26.6. The van der Waals surface area contributed by atoms with Gasteiger partial charge in [-0.05, 0) is 56.4 Å². The lowest BCUT2D eigenvalue weighted by Gasteiger charge is -2.19. The number of carbonyl (C=O) groups is 2. The van der Waals surface area contributed by atoms with Gasteiger partial charge >= 0.3 is 0 Å². The lowest BCUT2D eigenvalue weighted by atomic mass is 10.0. The predicted molar refractivity (Wildman–Crippen MR) is 103 cm³/mol. The van der Waals surface area contributed by atoms with Crippen molar-refractivity contribution >= 4 is 17.5 Å². The standard InChI is InChI=1S/C21H32N2O2/c1-14(2)7-6-8-17(5)22-21(25)18-12-20(24)23(13-18)19-10-9-15(3)16(4)11-19/h9-11,14,17-18H,6-8,12-13H2,1-5H3,(H,22,25)/t17-,18-/m0/s1. The highest BCUT2D eigenvalue weighted by Gasteiger charge is 2.35. The monoisotopic (exact) mass is 344 g/mol. The van der Waals surface area contributed by atoms with E-state index in [0.29, 0.717) is 18.9 Å². The maximum absolute atomic E-state index is 12.5. The van der Waals surface area contributed by atoms with Crippen molar-refractivity contribution in [3.8, 4) is 0 Å². The van der Waals surface area contributed by atoms with Crippen LogP contribution in [-0.4, -0.2) is 24.4 Å².